The van der Waals surface area contributed by atoms with Crippen LogP contribution in [0.4, 0.5) is 0 Å². The molecule has 0 atom stereocenters. The number of para-hydroxylation sites is 2. The molecule has 2 aromatic rings. The van der Waals surface area contributed by atoms with Crippen LogP contribution in [-0.4, -0.2) is 34.7 Å². The minimum absolute atomic E-state index is 0.0160. The lowest BCUT2D eigenvalue weighted by Gasteiger charge is -2.03. The molecule has 25 heavy (non-hydrogen) atoms. The van der Waals surface area contributed by atoms with Crippen molar-refractivity contribution in [2.45, 2.75) is 13.8 Å². The zero-order valence-electron chi connectivity index (χ0n) is 13.8. The molecule has 0 aliphatic rings. The molecule has 0 spiro atoms. The topological polar surface area (TPSA) is 110 Å². The second-order valence-corrected chi connectivity index (χ2v) is 4.63. The first-order valence-electron chi connectivity index (χ1n) is 7.32. The second-order valence-electron chi connectivity index (χ2n) is 4.63. The monoisotopic (exact) mass is 346 g/mol. The number of esters is 2. The first-order valence-corrected chi connectivity index (χ1v) is 7.32. The third kappa shape index (κ3) is 6.34. The van der Waals surface area contributed by atoms with Gasteiger partial charge in [0, 0.05) is 6.92 Å². The van der Waals surface area contributed by atoms with Crippen molar-refractivity contribution in [1.29, 1.82) is 0 Å². The van der Waals surface area contributed by atoms with Gasteiger partial charge in [0.15, 0.2) is 0 Å². The zero-order chi connectivity index (χ0) is 18.8. The largest absolute Gasteiger partial charge is 0.507 e. The van der Waals surface area contributed by atoms with E-state index in [4.69, 9.17) is 9.84 Å². The highest BCUT2D eigenvalue weighted by molar-refractivity contribution is 5.92. The highest BCUT2D eigenvalue weighted by Gasteiger charge is 2.11. The molecule has 0 fully saturated rings. The third-order valence-electron chi connectivity index (χ3n) is 2.77. The van der Waals surface area contributed by atoms with Crippen molar-refractivity contribution in [3.05, 3.63) is 59.7 Å². The molecule has 0 saturated carbocycles. The fourth-order valence-corrected chi connectivity index (χ4v) is 1.74. The molecule has 7 heteroatoms. The Hall–Kier alpha value is -3.35. The maximum atomic E-state index is 11.1. The summed E-state index contributed by atoms with van der Waals surface area (Å²) in [5.74, 6) is -2.11. The molecule has 0 heterocycles. The predicted octanol–water partition coefficient (Wildman–Crippen LogP) is 2.88. The van der Waals surface area contributed by atoms with E-state index in [2.05, 4.69) is 4.74 Å². The summed E-state index contributed by atoms with van der Waals surface area (Å²) in [7, 11) is 0. The Morgan fingerprint density at radius 3 is 2.04 bits per heavy atom. The average Bonchev–Trinajstić information content (AvgIpc) is 2.56. The van der Waals surface area contributed by atoms with Gasteiger partial charge in [-0.25, -0.2) is 9.59 Å². The molecular weight excluding hydrogens is 328 g/mol. The first kappa shape index (κ1) is 19.7. The summed E-state index contributed by atoms with van der Waals surface area (Å²) in [5, 5.41) is 17.9. The van der Waals surface area contributed by atoms with Crippen molar-refractivity contribution in [3.63, 3.8) is 0 Å². The summed E-state index contributed by atoms with van der Waals surface area (Å²) < 4.78 is 9.40. The molecule has 2 rings (SSSR count). The van der Waals surface area contributed by atoms with Gasteiger partial charge in [0.05, 0.1) is 6.61 Å². The lowest BCUT2D eigenvalue weighted by Crippen LogP contribution is -2.06. The Bertz CT molecular complexity index is 753. The number of aromatic hydroxyl groups is 1. The van der Waals surface area contributed by atoms with Gasteiger partial charge >= 0.3 is 17.9 Å². The molecule has 0 aliphatic heterocycles. The number of phenols is 1. The number of carboxylic acids is 1. The van der Waals surface area contributed by atoms with Gasteiger partial charge in [-0.2, -0.15) is 0 Å². The zero-order valence-corrected chi connectivity index (χ0v) is 13.8. The summed E-state index contributed by atoms with van der Waals surface area (Å²) in [4.78, 5) is 32.3. The number of hydrogen-bond donors (Lipinski definition) is 2. The molecule has 0 radical (unpaired) electrons. The van der Waals surface area contributed by atoms with Crippen LogP contribution in [0.3, 0.4) is 0 Å². The van der Waals surface area contributed by atoms with Crippen LogP contribution in [0.15, 0.2) is 48.5 Å². The first-order chi connectivity index (χ1) is 11.9. The van der Waals surface area contributed by atoms with Crippen molar-refractivity contribution < 1.29 is 34.1 Å². The van der Waals surface area contributed by atoms with Crippen molar-refractivity contribution in [1.82, 2.24) is 0 Å². The molecule has 132 valence electrons. The number of carbonyl (C=O) groups excluding carboxylic acids is 2. The average molecular weight is 346 g/mol. The van der Waals surface area contributed by atoms with Crippen LogP contribution in [0.1, 0.15) is 34.6 Å². The van der Waals surface area contributed by atoms with Gasteiger partial charge < -0.3 is 19.7 Å². The van der Waals surface area contributed by atoms with E-state index in [1.807, 2.05) is 0 Å². The quantitative estimate of drug-likeness (QED) is 0.647. The minimum atomic E-state index is -1.11. The lowest BCUT2D eigenvalue weighted by atomic mass is 10.2. The van der Waals surface area contributed by atoms with Crippen molar-refractivity contribution in [2.24, 2.45) is 0 Å². The van der Waals surface area contributed by atoms with E-state index in [0.717, 1.165) is 0 Å². The Balaban J connectivity index is 0.000000251. The molecule has 0 bridgehead atoms. The summed E-state index contributed by atoms with van der Waals surface area (Å²) in [5.41, 5.74) is 0.192. The number of ether oxygens (including phenoxy) is 2. The second kappa shape index (κ2) is 9.71. The number of carboxylic acid groups (broad SMARTS) is 1. The van der Waals surface area contributed by atoms with Gasteiger partial charge in [0.2, 0.25) is 0 Å². The van der Waals surface area contributed by atoms with E-state index in [1.54, 1.807) is 31.2 Å². The Kier molecular flexibility index (Phi) is 7.65. The van der Waals surface area contributed by atoms with E-state index in [9.17, 15) is 19.5 Å². The fraction of sp³-hybridized carbons (Fsp3) is 0.167. The highest BCUT2D eigenvalue weighted by Crippen LogP contribution is 2.17. The molecule has 0 aliphatic carbocycles. The van der Waals surface area contributed by atoms with Crippen molar-refractivity contribution in [2.75, 3.05) is 6.61 Å². The van der Waals surface area contributed by atoms with Crippen LogP contribution in [0.2, 0.25) is 0 Å². The normalized spacial score (nSPS) is 9.36. The van der Waals surface area contributed by atoms with E-state index < -0.39 is 17.9 Å². The van der Waals surface area contributed by atoms with Crippen LogP contribution < -0.4 is 4.74 Å². The summed E-state index contributed by atoms with van der Waals surface area (Å²) >= 11 is 0. The SMILES string of the molecule is CC(=O)Oc1ccccc1C(=O)O.CCOC(=O)c1ccccc1O. The van der Waals surface area contributed by atoms with E-state index in [0.29, 0.717) is 6.61 Å². The molecule has 7 nitrogen and oxygen atoms in total. The maximum Gasteiger partial charge on any atom is 0.341 e. The number of hydrogen-bond acceptors (Lipinski definition) is 6. The van der Waals surface area contributed by atoms with Gasteiger partial charge in [-0.1, -0.05) is 24.3 Å². The van der Waals surface area contributed by atoms with E-state index in [1.165, 1.54) is 31.2 Å². The summed E-state index contributed by atoms with van der Waals surface area (Å²) in [6.45, 7) is 3.25. The number of carbonyl (C=O) groups is 3. The van der Waals surface area contributed by atoms with Gasteiger partial charge in [-0.3, -0.25) is 4.79 Å². The van der Waals surface area contributed by atoms with Gasteiger partial charge in [0.1, 0.15) is 22.6 Å². The molecule has 0 amide bonds. The highest BCUT2D eigenvalue weighted by atomic mass is 16.5. The summed E-state index contributed by atoms with van der Waals surface area (Å²) in [6, 6.07) is 12.3. The van der Waals surface area contributed by atoms with Gasteiger partial charge in [-0.05, 0) is 31.2 Å². The van der Waals surface area contributed by atoms with Crippen LogP contribution in [-0.2, 0) is 9.53 Å². The smallest absolute Gasteiger partial charge is 0.341 e. The molecule has 0 saturated heterocycles. The van der Waals surface area contributed by atoms with Gasteiger partial charge in [-0.15, -0.1) is 0 Å². The number of aromatic carboxylic acids is 1. The van der Waals surface area contributed by atoms with Crippen LogP contribution in [0.5, 0.6) is 11.5 Å². The summed E-state index contributed by atoms with van der Waals surface area (Å²) in [6.07, 6.45) is 0. The van der Waals surface area contributed by atoms with Gasteiger partial charge in [0.25, 0.3) is 0 Å². The van der Waals surface area contributed by atoms with Crippen molar-refractivity contribution >= 4 is 17.9 Å². The van der Waals surface area contributed by atoms with Crippen LogP contribution >= 0.6 is 0 Å². The van der Waals surface area contributed by atoms with Crippen LogP contribution in [0.25, 0.3) is 0 Å². The van der Waals surface area contributed by atoms with Crippen molar-refractivity contribution in [3.8, 4) is 11.5 Å². The standard InChI is InChI=1S/C9H8O4.C9H10O3/c1-6(10)13-8-5-3-2-4-7(8)9(11)12;1-2-12-9(11)7-5-3-4-6-8(7)10/h2-5H,1H3,(H,11,12);3-6,10H,2H2,1H3. The lowest BCUT2D eigenvalue weighted by molar-refractivity contribution is -0.131. The number of rotatable bonds is 4. The molecule has 2 N–H and O–H groups in total. The Morgan fingerprint density at radius 1 is 0.960 bits per heavy atom. The molecule has 0 unspecified atom stereocenters. The van der Waals surface area contributed by atoms with Crippen LogP contribution in [0, 0.1) is 0 Å². The molecule has 0 aromatic heterocycles. The fourth-order valence-electron chi connectivity index (χ4n) is 1.74. The molecule has 2 aromatic carbocycles. The Morgan fingerprint density at radius 2 is 1.52 bits per heavy atom. The molecular formula is C18H18O7. The third-order valence-corrected chi connectivity index (χ3v) is 2.77. The van der Waals surface area contributed by atoms with E-state index in [-0.39, 0.29) is 22.6 Å². The Labute approximate surface area is 144 Å². The number of phenolic OH excluding ortho intramolecular Hbond substituents is 1. The van der Waals surface area contributed by atoms with E-state index >= 15 is 0 Å². The predicted molar refractivity (Wildman–Crippen MR) is 88.8 cm³/mol. The minimum Gasteiger partial charge on any atom is -0.507 e. The number of benzene rings is 2. The maximum absolute atomic E-state index is 11.1.